The lowest BCUT2D eigenvalue weighted by Crippen LogP contribution is -1.98. The van der Waals surface area contributed by atoms with Crippen molar-refractivity contribution in [1.29, 1.82) is 0 Å². The zero-order valence-corrected chi connectivity index (χ0v) is 12.4. The van der Waals surface area contributed by atoms with Gasteiger partial charge >= 0.3 is 0 Å². The highest BCUT2D eigenvalue weighted by Gasteiger charge is 2.17. The number of aromatic nitrogens is 4. The van der Waals surface area contributed by atoms with Crippen LogP contribution in [0.4, 0.5) is 10.3 Å². The minimum absolute atomic E-state index is 0.184. The van der Waals surface area contributed by atoms with E-state index in [1.54, 1.807) is 24.0 Å². The summed E-state index contributed by atoms with van der Waals surface area (Å²) in [7, 11) is 1.77. The molecule has 0 spiro atoms. The Morgan fingerprint density at radius 2 is 2.18 bits per heavy atom. The Balaban J connectivity index is 2.19. The summed E-state index contributed by atoms with van der Waals surface area (Å²) >= 11 is 0. The van der Waals surface area contributed by atoms with Gasteiger partial charge in [0.05, 0.1) is 12.0 Å². The molecule has 6 nitrogen and oxygen atoms in total. The van der Waals surface area contributed by atoms with Crippen molar-refractivity contribution in [1.82, 2.24) is 19.7 Å². The van der Waals surface area contributed by atoms with Crippen LogP contribution in [0, 0.1) is 5.82 Å². The molecule has 0 atom stereocenters. The number of anilines is 1. The molecule has 7 heteroatoms. The number of halogens is 1. The van der Waals surface area contributed by atoms with Gasteiger partial charge in [0.25, 0.3) is 0 Å². The highest BCUT2D eigenvalue weighted by molar-refractivity contribution is 5.92. The van der Waals surface area contributed by atoms with Crippen molar-refractivity contribution in [3.63, 3.8) is 0 Å². The van der Waals surface area contributed by atoms with Crippen LogP contribution in [-0.4, -0.2) is 26.4 Å². The van der Waals surface area contributed by atoms with Crippen LogP contribution in [0.2, 0.25) is 0 Å². The highest BCUT2D eigenvalue weighted by atomic mass is 19.1. The third kappa shape index (κ3) is 2.45. The first-order valence-corrected chi connectivity index (χ1v) is 6.98. The van der Waals surface area contributed by atoms with Crippen molar-refractivity contribution in [3.8, 4) is 17.0 Å². The van der Waals surface area contributed by atoms with Crippen LogP contribution in [0.5, 0.6) is 5.75 Å². The number of nitrogen functional groups attached to an aromatic ring is 1. The topological polar surface area (TPSA) is 78.8 Å². The van der Waals surface area contributed by atoms with Gasteiger partial charge in [-0.25, -0.2) is 14.1 Å². The Kier molecular flexibility index (Phi) is 3.62. The van der Waals surface area contributed by atoms with Crippen LogP contribution >= 0.6 is 0 Å². The van der Waals surface area contributed by atoms with E-state index in [-0.39, 0.29) is 11.8 Å². The Morgan fingerprint density at radius 1 is 1.36 bits per heavy atom. The molecule has 3 aromatic rings. The van der Waals surface area contributed by atoms with Gasteiger partial charge in [0.2, 0.25) is 5.95 Å². The maximum atomic E-state index is 13.5. The van der Waals surface area contributed by atoms with Crippen molar-refractivity contribution >= 4 is 17.0 Å². The molecule has 3 rings (SSSR count). The van der Waals surface area contributed by atoms with E-state index in [1.165, 1.54) is 12.1 Å². The van der Waals surface area contributed by atoms with E-state index in [0.717, 1.165) is 11.8 Å². The number of fused-ring (bicyclic) bond motifs is 1. The van der Waals surface area contributed by atoms with Gasteiger partial charge in [-0.3, -0.25) is 0 Å². The molecule has 0 bridgehead atoms. The summed E-state index contributed by atoms with van der Waals surface area (Å²) in [5.74, 6) is 0.290. The van der Waals surface area contributed by atoms with E-state index in [4.69, 9.17) is 10.5 Å². The number of ether oxygens (including phenoxy) is 1. The molecule has 0 aliphatic heterocycles. The van der Waals surface area contributed by atoms with Gasteiger partial charge in [0, 0.05) is 24.9 Å². The summed E-state index contributed by atoms with van der Waals surface area (Å²) in [6.45, 7) is 2.50. The minimum atomic E-state index is -0.351. The standard InChI is InChI=1S/C15H16FN5O/c1-3-6-22-12-7-9(16)4-5-10(12)13-11-8-18-15(17)19-14(11)21(2)20-13/h4-5,7-8H,3,6H2,1-2H3,(H2,17,18,19). The van der Waals surface area contributed by atoms with Gasteiger partial charge in [0.15, 0.2) is 5.65 Å². The maximum Gasteiger partial charge on any atom is 0.222 e. The van der Waals surface area contributed by atoms with E-state index in [0.29, 0.717) is 29.3 Å². The van der Waals surface area contributed by atoms with E-state index < -0.39 is 0 Å². The fourth-order valence-electron chi connectivity index (χ4n) is 2.27. The molecule has 0 saturated carbocycles. The summed E-state index contributed by atoms with van der Waals surface area (Å²) in [6, 6.07) is 4.40. The van der Waals surface area contributed by atoms with Crippen molar-refractivity contribution in [2.45, 2.75) is 13.3 Å². The number of nitrogens with zero attached hydrogens (tertiary/aromatic N) is 4. The summed E-state index contributed by atoms with van der Waals surface area (Å²) in [5.41, 5.74) is 7.58. The molecule has 2 heterocycles. The Bertz CT molecular complexity index is 830. The lowest BCUT2D eigenvalue weighted by atomic mass is 10.1. The smallest absolute Gasteiger partial charge is 0.222 e. The van der Waals surface area contributed by atoms with Gasteiger partial charge in [-0.2, -0.15) is 10.1 Å². The first kappa shape index (κ1) is 14.2. The molecule has 0 aliphatic carbocycles. The summed E-state index contributed by atoms with van der Waals surface area (Å²) in [6.07, 6.45) is 2.45. The van der Waals surface area contributed by atoms with Crippen LogP contribution in [-0.2, 0) is 7.05 Å². The number of rotatable bonds is 4. The predicted molar refractivity (Wildman–Crippen MR) is 81.9 cm³/mol. The molecule has 0 radical (unpaired) electrons. The molecule has 0 unspecified atom stereocenters. The number of hydrogen-bond donors (Lipinski definition) is 1. The Hall–Kier alpha value is -2.70. The van der Waals surface area contributed by atoms with Crippen molar-refractivity contribution in [3.05, 3.63) is 30.2 Å². The minimum Gasteiger partial charge on any atom is -0.493 e. The average molecular weight is 301 g/mol. The predicted octanol–water partition coefficient (Wildman–Crippen LogP) is 2.54. The van der Waals surface area contributed by atoms with Gasteiger partial charge in [0.1, 0.15) is 17.3 Å². The van der Waals surface area contributed by atoms with Gasteiger partial charge in [-0.05, 0) is 18.6 Å². The van der Waals surface area contributed by atoms with Crippen LogP contribution in [0.15, 0.2) is 24.4 Å². The molecule has 2 aromatic heterocycles. The van der Waals surface area contributed by atoms with E-state index in [2.05, 4.69) is 15.1 Å². The average Bonchev–Trinajstić information content (AvgIpc) is 2.82. The summed E-state index contributed by atoms with van der Waals surface area (Å²) in [5, 5.41) is 5.20. The van der Waals surface area contributed by atoms with E-state index in [9.17, 15) is 4.39 Å². The van der Waals surface area contributed by atoms with Crippen LogP contribution in [0.25, 0.3) is 22.3 Å². The number of benzene rings is 1. The zero-order valence-electron chi connectivity index (χ0n) is 12.4. The SMILES string of the molecule is CCCOc1cc(F)ccc1-c1nn(C)c2nc(N)ncc12. The second-order valence-corrected chi connectivity index (χ2v) is 4.93. The lowest BCUT2D eigenvalue weighted by molar-refractivity contribution is 0.317. The summed E-state index contributed by atoms with van der Waals surface area (Å²) < 4.78 is 20.8. The van der Waals surface area contributed by atoms with Crippen LogP contribution < -0.4 is 10.5 Å². The summed E-state index contributed by atoms with van der Waals surface area (Å²) in [4.78, 5) is 8.20. The van der Waals surface area contributed by atoms with E-state index >= 15 is 0 Å². The van der Waals surface area contributed by atoms with Crippen LogP contribution in [0.3, 0.4) is 0 Å². The van der Waals surface area contributed by atoms with Crippen LogP contribution in [0.1, 0.15) is 13.3 Å². The molecule has 114 valence electrons. The molecule has 0 saturated heterocycles. The molecular weight excluding hydrogens is 285 g/mol. The molecule has 0 amide bonds. The third-order valence-electron chi connectivity index (χ3n) is 3.26. The van der Waals surface area contributed by atoms with Gasteiger partial charge < -0.3 is 10.5 Å². The quantitative estimate of drug-likeness (QED) is 0.801. The normalized spacial score (nSPS) is 11.0. The van der Waals surface area contributed by atoms with Crippen molar-refractivity contribution in [2.24, 2.45) is 7.05 Å². The fourth-order valence-corrected chi connectivity index (χ4v) is 2.27. The van der Waals surface area contributed by atoms with Crippen molar-refractivity contribution < 1.29 is 9.13 Å². The van der Waals surface area contributed by atoms with Gasteiger partial charge in [-0.15, -0.1) is 0 Å². The number of hydrogen-bond acceptors (Lipinski definition) is 5. The number of aryl methyl sites for hydroxylation is 1. The highest BCUT2D eigenvalue weighted by Crippen LogP contribution is 2.34. The second kappa shape index (κ2) is 5.59. The Labute approximate surface area is 126 Å². The lowest BCUT2D eigenvalue weighted by Gasteiger charge is -2.09. The molecular formula is C15H16FN5O. The Morgan fingerprint density at radius 3 is 2.95 bits per heavy atom. The fraction of sp³-hybridized carbons (Fsp3) is 0.267. The molecule has 1 aromatic carbocycles. The first-order chi connectivity index (χ1) is 10.6. The number of nitrogens with two attached hydrogens (primary N) is 1. The van der Waals surface area contributed by atoms with E-state index in [1.807, 2.05) is 6.92 Å². The van der Waals surface area contributed by atoms with Crippen molar-refractivity contribution in [2.75, 3.05) is 12.3 Å². The third-order valence-corrected chi connectivity index (χ3v) is 3.26. The first-order valence-electron chi connectivity index (χ1n) is 6.98. The largest absolute Gasteiger partial charge is 0.493 e. The molecule has 0 fully saturated rings. The molecule has 22 heavy (non-hydrogen) atoms. The maximum absolute atomic E-state index is 13.5. The van der Waals surface area contributed by atoms with Gasteiger partial charge in [-0.1, -0.05) is 6.92 Å². The monoisotopic (exact) mass is 301 g/mol. The molecule has 2 N–H and O–H groups in total. The second-order valence-electron chi connectivity index (χ2n) is 4.93. The molecule has 0 aliphatic rings. The zero-order chi connectivity index (χ0) is 15.7.